The molecule has 110 valence electrons. The van der Waals surface area contributed by atoms with Gasteiger partial charge in [0.05, 0.1) is 5.69 Å². The molecule has 3 amide bonds. The first-order valence-corrected chi connectivity index (χ1v) is 7.36. The summed E-state index contributed by atoms with van der Waals surface area (Å²) in [5.41, 5.74) is 1.38. The molecule has 1 unspecified atom stereocenters. The molecule has 1 fully saturated rings. The highest BCUT2D eigenvalue weighted by Crippen LogP contribution is 2.39. The first-order valence-electron chi connectivity index (χ1n) is 7.36. The molecular weight excluding hydrogens is 280 g/mol. The summed E-state index contributed by atoms with van der Waals surface area (Å²) in [4.78, 5) is 38.1. The second-order valence-electron chi connectivity index (χ2n) is 5.68. The van der Waals surface area contributed by atoms with Crippen LogP contribution in [0.15, 0.2) is 36.4 Å². The number of hydrogen-bond acceptors (Lipinski definition) is 3. The van der Waals surface area contributed by atoms with E-state index in [4.69, 9.17) is 0 Å². The molecule has 0 aliphatic carbocycles. The Morgan fingerprint density at radius 3 is 2.64 bits per heavy atom. The van der Waals surface area contributed by atoms with Crippen molar-refractivity contribution in [1.82, 2.24) is 5.32 Å². The van der Waals surface area contributed by atoms with Crippen molar-refractivity contribution in [2.45, 2.75) is 25.3 Å². The number of rotatable bonds is 1. The number of carbonyl (C=O) groups is 3. The van der Waals surface area contributed by atoms with Gasteiger partial charge in [-0.05, 0) is 30.4 Å². The number of anilines is 1. The molecular formula is C17H14N2O3. The summed E-state index contributed by atoms with van der Waals surface area (Å²) in [6, 6.07) is 10.7. The molecule has 2 heterocycles. The Labute approximate surface area is 126 Å². The Morgan fingerprint density at radius 1 is 1.05 bits per heavy atom. The molecule has 5 heteroatoms. The Hall–Kier alpha value is -2.69. The minimum atomic E-state index is -0.628. The van der Waals surface area contributed by atoms with Gasteiger partial charge in [-0.25, -0.2) is 0 Å². The van der Waals surface area contributed by atoms with E-state index >= 15 is 0 Å². The molecule has 0 radical (unpaired) electrons. The number of imide groups is 1. The SMILES string of the molecule is O=C1CCCC(N2C(=O)c3cccc4cccc2c34)C(=O)N1. The quantitative estimate of drug-likeness (QED) is 0.818. The highest BCUT2D eigenvalue weighted by atomic mass is 16.2. The number of nitrogens with one attached hydrogen (secondary N) is 1. The van der Waals surface area contributed by atoms with Crippen molar-refractivity contribution in [1.29, 1.82) is 0 Å². The molecule has 0 saturated carbocycles. The lowest BCUT2D eigenvalue weighted by molar-refractivity contribution is -0.130. The number of nitrogens with zero attached hydrogens (tertiary/aromatic N) is 1. The Morgan fingerprint density at radius 2 is 1.82 bits per heavy atom. The van der Waals surface area contributed by atoms with Crippen LogP contribution in [0.1, 0.15) is 29.6 Å². The van der Waals surface area contributed by atoms with E-state index in [0.29, 0.717) is 24.8 Å². The summed E-state index contributed by atoms with van der Waals surface area (Å²) >= 11 is 0. The van der Waals surface area contributed by atoms with Crippen LogP contribution in [-0.2, 0) is 9.59 Å². The lowest BCUT2D eigenvalue weighted by Gasteiger charge is -2.26. The van der Waals surface area contributed by atoms with Gasteiger partial charge < -0.3 is 0 Å². The smallest absolute Gasteiger partial charge is 0.259 e. The highest BCUT2D eigenvalue weighted by molar-refractivity contribution is 6.26. The van der Waals surface area contributed by atoms with Gasteiger partial charge in [0.25, 0.3) is 5.91 Å². The summed E-state index contributed by atoms with van der Waals surface area (Å²) in [5, 5.41) is 4.25. The van der Waals surface area contributed by atoms with Gasteiger partial charge in [0.2, 0.25) is 11.8 Å². The molecule has 22 heavy (non-hydrogen) atoms. The fraction of sp³-hybridized carbons (Fsp3) is 0.235. The Bertz CT molecular complexity index is 823. The van der Waals surface area contributed by atoms with Crippen LogP contribution in [0.25, 0.3) is 10.8 Å². The molecule has 2 aromatic carbocycles. The molecule has 4 rings (SSSR count). The maximum absolute atomic E-state index is 12.8. The molecule has 2 aromatic rings. The van der Waals surface area contributed by atoms with Gasteiger partial charge in [-0.15, -0.1) is 0 Å². The fourth-order valence-corrected chi connectivity index (χ4v) is 3.37. The average molecular weight is 294 g/mol. The van der Waals surface area contributed by atoms with Gasteiger partial charge in [0.15, 0.2) is 0 Å². The normalized spacial score (nSPS) is 21.2. The van der Waals surface area contributed by atoms with Crippen LogP contribution < -0.4 is 10.2 Å². The van der Waals surface area contributed by atoms with Crippen LogP contribution in [-0.4, -0.2) is 23.8 Å². The Balaban J connectivity index is 1.85. The van der Waals surface area contributed by atoms with E-state index in [9.17, 15) is 14.4 Å². The maximum Gasteiger partial charge on any atom is 0.259 e. The predicted octanol–water partition coefficient (Wildman–Crippen LogP) is 2.00. The third-order valence-electron chi connectivity index (χ3n) is 4.35. The van der Waals surface area contributed by atoms with Crippen molar-refractivity contribution in [3.8, 4) is 0 Å². The molecule has 0 bridgehead atoms. The van der Waals surface area contributed by atoms with E-state index in [2.05, 4.69) is 5.32 Å². The first-order chi connectivity index (χ1) is 10.7. The van der Waals surface area contributed by atoms with E-state index in [1.165, 1.54) is 0 Å². The lowest BCUT2D eigenvalue weighted by atomic mass is 10.1. The van der Waals surface area contributed by atoms with Crippen molar-refractivity contribution in [2.75, 3.05) is 4.90 Å². The second-order valence-corrected chi connectivity index (χ2v) is 5.68. The van der Waals surface area contributed by atoms with Crippen LogP contribution >= 0.6 is 0 Å². The topological polar surface area (TPSA) is 66.5 Å². The van der Waals surface area contributed by atoms with E-state index in [1.54, 1.807) is 11.0 Å². The standard InChI is InChI=1S/C17H14N2O3/c20-14-9-3-8-13(16(21)18-14)19-12-7-2-5-10-4-1-6-11(15(10)12)17(19)22/h1-2,4-7,13H,3,8-9H2,(H,18,20,21). The second kappa shape index (κ2) is 4.66. The average Bonchev–Trinajstić information content (AvgIpc) is 2.68. The van der Waals surface area contributed by atoms with Crippen LogP contribution in [0.3, 0.4) is 0 Å². The highest BCUT2D eigenvalue weighted by Gasteiger charge is 2.39. The van der Waals surface area contributed by atoms with Crippen LogP contribution in [0, 0.1) is 0 Å². The first kappa shape index (κ1) is 13.0. The van der Waals surface area contributed by atoms with Crippen molar-refractivity contribution in [3.63, 3.8) is 0 Å². The fourth-order valence-electron chi connectivity index (χ4n) is 3.37. The molecule has 0 spiro atoms. The third-order valence-corrected chi connectivity index (χ3v) is 4.35. The molecule has 1 atom stereocenters. The van der Waals surface area contributed by atoms with Crippen molar-refractivity contribution < 1.29 is 14.4 Å². The summed E-state index contributed by atoms with van der Waals surface area (Å²) in [5.74, 6) is -0.822. The lowest BCUT2D eigenvalue weighted by Crippen LogP contribution is -2.48. The predicted molar refractivity (Wildman–Crippen MR) is 81.5 cm³/mol. The molecule has 1 saturated heterocycles. The van der Waals surface area contributed by atoms with Gasteiger partial charge >= 0.3 is 0 Å². The van der Waals surface area contributed by atoms with Crippen LogP contribution in [0.4, 0.5) is 5.69 Å². The maximum atomic E-state index is 12.8. The number of amides is 3. The molecule has 2 aliphatic rings. The Kier molecular flexibility index (Phi) is 2.76. The largest absolute Gasteiger partial charge is 0.295 e. The number of hydrogen-bond donors (Lipinski definition) is 1. The molecule has 0 aromatic heterocycles. The van der Waals surface area contributed by atoms with Crippen molar-refractivity contribution in [3.05, 3.63) is 42.0 Å². The minimum Gasteiger partial charge on any atom is -0.295 e. The number of carbonyl (C=O) groups excluding carboxylic acids is 3. The zero-order valence-electron chi connectivity index (χ0n) is 11.8. The summed E-state index contributed by atoms with van der Waals surface area (Å²) in [6.45, 7) is 0. The van der Waals surface area contributed by atoms with Crippen molar-refractivity contribution in [2.24, 2.45) is 0 Å². The monoisotopic (exact) mass is 294 g/mol. The minimum absolute atomic E-state index is 0.165. The van der Waals surface area contributed by atoms with E-state index in [1.807, 2.05) is 30.3 Å². The van der Waals surface area contributed by atoms with E-state index in [-0.39, 0.29) is 17.7 Å². The summed E-state index contributed by atoms with van der Waals surface area (Å²) in [6.07, 6.45) is 1.41. The zero-order valence-corrected chi connectivity index (χ0v) is 11.8. The summed E-state index contributed by atoms with van der Waals surface area (Å²) < 4.78 is 0. The van der Waals surface area contributed by atoms with Gasteiger partial charge in [-0.2, -0.15) is 0 Å². The van der Waals surface area contributed by atoms with Crippen LogP contribution in [0.2, 0.25) is 0 Å². The van der Waals surface area contributed by atoms with Crippen LogP contribution in [0.5, 0.6) is 0 Å². The summed E-state index contributed by atoms with van der Waals surface area (Å²) in [7, 11) is 0. The third kappa shape index (κ3) is 1.75. The molecule has 1 N–H and O–H groups in total. The molecule has 2 aliphatic heterocycles. The number of benzene rings is 2. The van der Waals surface area contributed by atoms with E-state index in [0.717, 1.165) is 16.5 Å². The van der Waals surface area contributed by atoms with E-state index < -0.39 is 6.04 Å². The van der Waals surface area contributed by atoms with Gasteiger partial charge in [-0.1, -0.05) is 24.3 Å². The van der Waals surface area contributed by atoms with Gasteiger partial charge in [0.1, 0.15) is 6.04 Å². The van der Waals surface area contributed by atoms with Gasteiger partial charge in [-0.3, -0.25) is 24.6 Å². The van der Waals surface area contributed by atoms with Gasteiger partial charge in [0, 0.05) is 17.4 Å². The zero-order chi connectivity index (χ0) is 15.3. The molecule has 5 nitrogen and oxygen atoms in total. The van der Waals surface area contributed by atoms with Crippen molar-refractivity contribution >= 4 is 34.2 Å².